The SMILES string of the molecule is CCCNCC1(c2ccc(F)cc2)CC(CC)C1. The van der Waals surface area contributed by atoms with E-state index in [1.165, 1.54) is 24.8 Å². The zero-order valence-corrected chi connectivity index (χ0v) is 11.5. The van der Waals surface area contributed by atoms with Crippen molar-refractivity contribution in [1.82, 2.24) is 5.32 Å². The highest BCUT2D eigenvalue weighted by Gasteiger charge is 2.43. The molecule has 2 heteroatoms. The molecule has 0 aromatic heterocycles. The molecule has 0 atom stereocenters. The Morgan fingerprint density at radius 3 is 2.44 bits per heavy atom. The summed E-state index contributed by atoms with van der Waals surface area (Å²) in [5.74, 6) is 0.709. The van der Waals surface area contributed by atoms with Crippen LogP contribution in [-0.2, 0) is 5.41 Å². The van der Waals surface area contributed by atoms with Crippen LogP contribution < -0.4 is 5.32 Å². The van der Waals surface area contributed by atoms with E-state index in [0.29, 0.717) is 0 Å². The van der Waals surface area contributed by atoms with Crippen molar-refractivity contribution in [2.24, 2.45) is 5.92 Å². The Balaban J connectivity index is 2.08. The standard InChI is InChI=1S/C16H24FN/c1-3-9-18-12-16(10-13(4-2)11-16)14-5-7-15(17)8-6-14/h5-8,13,18H,3-4,9-12H2,1-2H3. The Morgan fingerprint density at radius 1 is 1.22 bits per heavy atom. The first-order valence-electron chi connectivity index (χ1n) is 7.17. The third-order valence-electron chi connectivity index (χ3n) is 4.28. The predicted octanol–water partition coefficient (Wildman–Crippen LogP) is 3.88. The molecule has 18 heavy (non-hydrogen) atoms. The van der Waals surface area contributed by atoms with E-state index in [1.54, 1.807) is 12.1 Å². The lowest BCUT2D eigenvalue weighted by molar-refractivity contribution is 0.134. The number of benzene rings is 1. The van der Waals surface area contributed by atoms with Crippen LogP contribution in [0.4, 0.5) is 4.39 Å². The fourth-order valence-electron chi connectivity index (χ4n) is 3.12. The molecule has 1 nitrogen and oxygen atoms in total. The highest BCUT2D eigenvalue weighted by Crippen LogP contribution is 2.48. The summed E-state index contributed by atoms with van der Waals surface area (Å²) < 4.78 is 13.0. The van der Waals surface area contributed by atoms with Gasteiger partial charge in [-0.3, -0.25) is 0 Å². The zero-order chi connectivity index (χ0) is 13.0. The van der Waals surface area contributed by atoms with Crippen LogP contribution in [0.25, 0.3) is 0 Å². The van der Waals surface area contributed by atoms with Gasteiger partial charge in [0.2, 0.25) is 0 Å². The maximum Gasteiger partial charge on any atom is 0.123 e. The van der Waals surface area contributed by atoms with Crippen molar-refractivity contribution in [2.45, 2.75) is 44.9 Å². The van der Waals surface area contributed by atoms with E-state index in [-0.39, 0.29) is 11.2 Å². The Kier molecular flexibility index (Phi) is 4.39. The van der Waals surface area contributed by atoms with Crippen LogP contribution in [0.2, 0.25) is 0 Å². The molecular formula is C16H24FN. The number of halogens is 1. The second-order valence-electron chi connectivity index (χ2n) is 5.65. The summed E-state index contributed by atoms with van der Waals surface area (Å²) in [5, 5.41) is 3.54. The van der Waals surface area contributed by atoms with Crippen LogP contribution in [0.5, 0.6) is 0 Å². The first kappa shape index (κ1) is 13.5. The van der Waals surface area contributed by atoms with Crippen LogP contribution >= 0.6 is 0 Å². The number of rotatable bonds is 6. The highest BCUT2D eigenvalue weighted by atomic mass is 19.1. The molecule has 0 heterocycles. The minimum absolute atomic E-state index is 0.137. The lowest BCUT2D eigenvalue weighted by Crippen LogP contribution is -2.48. The van der Waals surface area contributed by atoms with Gasteiger partial charge in [0.05, 0.1) is 0 Å². The van der Waals surface area contributed by atoms with Crippen LogP contribution in [0.1, 0.15) is 45.1 Å². The molecular weight excluding hydrogens is 225 g/mol. The first-order valence-corrected chi connectivity index (χ1v) is 7.17. The smallest absolute Gasteiger partial charge is 0.123 e. The van der Waals surface area contributed by atoms with Crippen molar-refractivity contribution >= 4 is 0 Å². The van der Waals surface area contributed by atoms with Gasteiger partial charge in [-0.05, 0) is 49.4 Å². The van der Waals surface area contributed by atoms with E-state index in [9.17, 15) is 4.39 Å². The summed E-state index contributed by atoms with van der Waals surface area (Å²) in [6.45, 7) is 6.55. The van der Waals surface area contributed by atoms with E-state index < -0.39 is 0 Å². The second kappa shape index (κ2) is 5.83. The normalized spacial score (nSPS) is 26.9. The molecule has 0 saturated heterocycles. The molecule has 1 aromatic rings. The van der Waals surface area contributed by atoms with Crippen LogP contribution in [0, 0.1) is 11.7 Å². The summed E-state index contributed by atoms with van der Waals surface area (Å²) in [5.41, 5.74) is 1.56. The fraction of sp³-hybridized carbons (Fsp3) is 0.625. The van der Waals surface area contributed by atoms with Gasteiger partial charge in [-0.25, -0.2) is 4.39 Å². The van der Waals surface area contributed by atoms with Gasteiger partial charge in [-0.1, -0.05) is 32.4 Å². The highest BCUT2D eigenvalue weighted by molar-refractivity contribution is 5.30. The van der Waals surface area contributed by atoms with Gasteiger partial charge in [0.15, 0.2) is 0 Å². The van der Waals surface area contributed by atoms with Crippen LogP contribution in [-0.4, -0.2) is 13.1 Å². The molecule has 0 aliphatic heterocycles. The van der Waals surface area contributed by atoms with E-state index >= 15 is 0 Å². The summed E-state index contributed by atoms with van der Waals surface area (Å²) >= 11 is 0. The number of hydrogen-bond acceptors (Lipinski definition) is 1. The van der Waals surface area contributed by atoms with Gasteiger partial charge in [0.25, 0.3) is 0 Å². The molecule has 0 unspecified atom stereocenters. The molecule has 1 fully saturated rings. The quantitative estimate of drug-likeness (QED) is 0.754. The van der Waals surface area contributed by atoms with Gasteiger partial charge in [0.1, 0.15) is 5.82 Å². The summed E-state index contributed by atoms with van der Waals surface area (Å²) in [4.78, 5) is 0. The van der Waals surface area contributed by atoms with Crippen LogP contribution in [0.3, 0.4) is 0 Å². The maximum absolute atomic E-state index is 13.0. The monoisotopic (exact) mass is 249 g/mol. The third-order valence-corrected chi connectivity index (χ3v) is 4.28. The largest absolute Gasteiger partial charge is 0.316 e. The summed E-state index contributed by atoms with van der Waals surface area (Å²) in [6.07, 6.45) is 4.91. The summed E-state index contributed by atoms with van der Waals surface area (Å²) in [6, 6.07) is 7.12. The van der Waals surface area contributed by atoms with Crippen molar-refractivity contribution in [3.8, 4) is 0 Å². The van der Waals surface area contributed by atoms with Crippen molar-refractivity contribution in [1.29, 1.82) is 0 Å². The Bertz CT molecular complexity index is 365. The van der Waals surface area contributed by atoms with E-state index in [4.69, 9.17) is 0 Å². The molecule has 1 aliphatic carbocycles. The minimum atomic E-state index is -0.137. The van der Waals surface area contributed by atoms with E-state index in [1.807, 2.05) is 12.1 Å². The fourth-order valence-corrected chi connectivity index (χ4v) is 3.12. The van der Waals surface area contributed by atoms with Crippen molar-refractivity contribution < 1.29 is 4.39 Å². The molecule has 0 spiro atoms. The van der Waals surface area contributed by atoms with Gasteiger partial charge in [-0.2, -0.15) is 0 Å². The lowest BCUT2D eigenvalue weighted by atomic mass is 9.58. The first-order chi connectivity index (χ1) is 8.70. The lowest BCUT2D eigenvalue weighted by Gasteiger charge is -2.48. The topological polar surface area (TPSA) is 12.0 Å². The van der Waals surface area contributed by atoms with Crippen molar-refractivity contribution in [2.75, 3.05) is 13.1 Å². The third kappa shape index (κ3) is 2.74. The average molecular weight is 249 g/mol. The summed E-state index contributed by atoms with van der Waals surface area (Å²) in [7, 11) is 0. The van der Waals surface area contributed by atoms with E-state index in [0.717, 1.165) is 25.4 Å². The Hall–Kier alpha value is -0.890. The molecule has 1 aliphatic rings. The second-order valence-corrected chi connectivity index (χ2v) is 5.65. The van der Waals surface area contributed by atoms with Crippen molar-refractivity contribution in [3.63, 3.8) is 0 Å². The van der Waals surface area contributed by atoms with Gasteiger partial charge < -0.3 is 5.32 Å². The Labute approximate surface area is 110 Å². The molecule has 1 saturated carbocycles. The predicted molar refractivity (Wildman–Crippen MR) is 74.3 cm³/mol. The average Bonchev–Trinajstić information content (AvgIpc) is 2.34. The molecule has 1 N–H and O–H groups in total. The number of nitrogens with one attached hydrogen (secondary N) is 1. The van der Waals surface area contributed by atoms with E-state index in [2.05, 4.69) is 19.2 Å². The molecule has 0 radical (unpaired) electrons. The Morgan fingerprint density at radius 2 is 1.89 bits per heavy atom. The molecule has 0 amide bonds. The molecule has 2 rings (SSSR count). The number of hydrogen-bond donors (Lipinski definition) is 1. The zero-order valence-electron chi connectivity index (χ0n) is 11.5. The van der Waals surface area contributed by atoms with Crippen LogP contribution in [0.15, 0.2) is 24.3 Å². The maximum atomic E-state index is 13.0. The van der Waals surface area contributed by atoms with Gasteiger partial charge in [0, 0.05) is 12.0 Å². The molecule has 100 valence electrons. The van der Waals surface area contributed by atoms with Gasteiger partial charge in [-0.15, -0.1) is 0 Å². The minimum Gasteiger partial charge on any atom is -0.316 e. The van der Waals surface area contributed by atoms with Crippen molar-refractivity contribution in [3.05, 3.63) is 35.6 Å². The molecule has 0 bridgehead atoms. The van der Waals surface area contributed by atoms with Gasteiger partial charge >= 0.3 is 0 Å². The molecule has 1 aromatic carbocycles.